The quantitative estimate of drug-likeness (QED) is 0.384. The van der Waals surface area contributed by atoms with Gasteiger partial charge in [-0.05, 0) is 59.7 Å². The number of piperazine rings is 1. The van der Waals surface area contributed by atoms with Crippen molar-refractivity contribution in [2.45, 2.75) is 17.2 Å². The number of halogens is 6. The molecule has 3 aromatic rings. The maximum absolute atomic E-state index is 13.5. The molecule has 5 nitrogen and oxygen atoms in total. The number of anilines is 1. The molecule has 1 heterocycles. The minimum absolute atomic E-state index is 0.0238. The Bertz CT molecular complexity index is 1430. The molecule has 0 unspecified atom stereocenters. The predicted molar refractivity (Wildman–Crippen MR) is 130 cm³/mol. The number of nitrogens with zero attached hydrogens (tertiary/aromatic N) is 2. The predicted octanol–water partition coefficient (Wildman–Crippen LogP) is 5.76. The van der Waals surface area contributed by atoms with Gasteiger partial charge in [-0.2, -0.15) is 26.3 Å². The first-order valence-corrected chi connectivity index (χ1v) is 13.3. The van der Waals surface area contributed by atoms with Crippen LogP contribution in [-0.4, -0.2) is 51.7 Å². The van der Waals surface area contributed by atoms with E-state index in [1.807, 2.05) is 4.90 Å². The third-order valence-corrected chi connectivity index (χ3v) is 7.41. The van der Waals surface area contributed by atoms with Crippen LogP contribution in [0.15, 0.2) is 71.6 Å². The van der Waals surface area contributed by atoms with E-state index in [1.165, 1.54) is 47.4 Å². The summed E-state index contributed by atoms with van der Waals surface area (Å²) in [4.78, 5) is 16.7. The van der Waals surface area contributed by atoms with E-state index in [0.717, 1.165) is 30.5 Å². The Kier molecular flexibility index (Phi) is 7.21. The molecule has 0 spiro atoms. The number of alkyl halides is 6. The molecular formula is C26H22F6N2O3S. The van der Waals surface area contributed by atoms with E-state index in [-0.39, 0.29) is 29.1 Å². The fourth-order valence-electron chi connectivity index (χ4n) is 4.22. The molecule has 1 aliphatic rings. The molecule has 0 aliphatic carbocycles. The topological polar surface area (TPSA) is 57.7 Å². The summed E-state index contributed by atoms with van der Waals surface area (Å²) in [6.07, 6.45) is -8.00. The highest BCUT2D eigenvalue weighted by atomic mass is 32.2. The lowest BCUT2D eigenvalue weighted by Gasteiger charge is -2.36. The van der Waals surface area contributed by atoms with Crippen LogP contribution >= 0.6 is 0 Å². The Morgan fingerprint density at radius 2 is 1.24 bits per heavy atom. The first-order valence-electron chi connectivity index (χ1n) is 11.4. The van der Waals surface area contributed by atoms with Crippen LogP contribution in [0.4, 0.5) is 32.0 Å². The molecule has 1 aliphatic heterocycles. The zero-order valence-electron chi connectivity index (χ0n) is 20.0. The number of hydrogen-bond acceptors (Lipinski definition) is 4. The van der Waals surface area contributed by atoms with Crippen LogP contribution < -0.4 is 4.90 Å². The van der Waals surface area contributed by atoms with Gasteiger partial charge in [0, 0.05) is 43.7 Å². The smallest absolute Gasteiger partial charge is 0.368 e. The maximum Gasteiger partial charge on any atom is 0.416 e. The fraction of sp³-hybridized carbons (Fsp3) is 0.269. The Morgan fingerprint density at radius 3 is 1.71 bits per heavy atom. The van der Waals surface area contributed by atoms with Gasteiger partial charge in [0.1, 0.15) is 0 Å². The van der Waals surface area contributed by atoms with Gasteiger partial charge in [-0.3, -0.25) is 4.79 Å². The first kappa shape index (κ1) is 27.5. The van der Waals surface area contributed by atoms with E-state index >= 15 is 0 Å². The highest BCUT2D eigenvalue weighted by molar-refractivity contribution is 7.90. The van der Waals surface area contributed by atoms with Crippen LogP contribution in [0.1, 0.15) is 21.5 Å². The normalized spacial score (nSPS) is 15.0. The average molecular weight is 557 g/mol. The summed E-state index contributed by atoms with van der Waals surface area (Å²) in [5, 5.41) is 0. The molecule has 0 aromatic heterocycles. The maximum atomic E-state index is 13.5. The SMILES string of the molecule is CS(=O)(=O)c1ccc(-c2ccc(C(F)(F)F)cc2)c(C(=O)N2CCN(c3ccc(C(F)(F)F)cc3)CC2)c1. The summed E-state index contributed by atoms with van der Waals surface area (Å²) < 4.78 is 102. The third kappa shape index (κ3) is 5.95. The van der Waals surface area contributed by atoms with E-state index in [4.69, 9.17) is 0 Å². The second kappa shape index (κ2) is 9.97. The van der Waals surface area contributed by atoms with Crippen molar-refractivity contribution in [3.05, 3.63) is 83.4 Å². The molecule has 3 aromatic carbocycles. The summed E-state index contributed by atoms with van der Waals surface area (Å²) in [5.41, 5.74) is -0.450. The van der Waals surface area contributed by atoms with Gasteiger partial charge in [-0.25, -0.2) is 8.42 Å². The first-order chi connectivity index (χ1) is 17.6. The van der Waals surface area contributed by atoms with Crippen LogP contribution in [0, 0.1) is 0 Å². The zero-order chi connectivity index (χ0) is 27.9. The molecule has 1 saturated heterocycles. The van der Waals surface area contributed by atoms with Crippen LogP contribution in [0.25, 0.3) is 11.1 Å². The molecule has 202 valence electrons. The van der Waals surface area contributed by atoms with E-state index < -0.39 is 39.2 Å². The molecule has 0 atom stereocenters. The summed E-state index contributed by atoms with van der Waals surface area (Å²) in [6, 6.07) is 12.8. The Morgan fingerprint density at radius 1 is 0.737 bits per heavy atom. The van der Waals surface area contributed by atoms with Crippen LogP contribution in [-0.2, 0) is 22.2 Å². The number of sulfone groups is 1. The highest BCUT2D eigenvalue weighted by Crippen LogP contribution is 2.34. The summed E-state index contributed by atoms with van der Waals surface area (Å²) >= 11 is 0. The van der Waals surface area contributed by atoms with Gasteiger partial charge in [0.05, 0.1) is 16.0 Å². The van der Waals surface area contributed by atoms with Crippen LogP contribution in [0.3, 0.4) is 0 Å². The van der Waals surface area contributed by atoms with Gasteiger partial charge in [0.2, 0.25) is 0 Å². The van der Waals surface area contributed by atoms with Crippen molar-refractivity contribution in [3.8, 4) is 11.1 Å². The van der Waals surface area contributed by atoms with Gasteiger partial charge in [0.25, 0.3) is 5.91 Å². The number of rotatable bonds is 4. The molecule has 1 amide bonds. The van der Waals surface area contributed by atoms with E-state index in [0.29, 0.717) is 24.3 Å². The van der Waals surface area contributed by atoms with Crippen LogP contribution in [0.5, 0.6) is 0 Å². The highest BCUT2D eigenvalue weighted by Gasteiger charge is 2.32. The van der Waals surface area contributed by atoms with Crippen molar-refractivity contribution < 1.29 is 39.6 Å². The summed E-state index contributed by atoms with van der Waals surface area (Å²) in [6.45, 7) is 1.04. The molecule has 0 saturated carbocycles. The van der Waals surface area contributed by atoms with Crippen LogP contribution in [0.2, 0.25) is 0 Å². The third-order valence-electron chi connectivity index (χ3n) is 6.30. The van der Waals surface area contributed by atoms with E-state index in [1.54, 1.807) is 0 Å². The largest absolute Gasteiger partial charge is 0.416 e. The minimum atomic E-state index is -4.54. The van der Waals surface area contributed by atoms with E-state index in [9.17, 15) is 39.6 Å². The fourth-order valence-corrected chi connectivity index (χ4v) is 4.87. The van der Waals surface area contributed by atoms with Gasteiger partial charge < -0.3 is 9.80 Å². The lowest BCUT2D eigenvalue weighted by molar-refractivity contribution is -0.138. The standard InChI is InChI=1S/C26H22F6N2O3S/c1-38(36,37)21-10-11-22(17-2-4-18(5-3-17)25(27,28)29)23(16-21)24(35)34-14-12-33(13-15-34)20-8-6-19(7-9-20)26(30,31)32/h2-11,16H,12-15H2,1H3. The zero-order valence-corrected chi connectivity index (χ0v) is 20.8. The van der Waals surface area contributed by atoms with Crippen molar-refractivity contribution in [2.75, 3.05) is 37.3 Å². The molecule has 1 fully saturated rings. The number of carbonyl (C=O) groups excluding carboxylic acids is 1. The van der Waals surface area contributed by atoms with Crippen molar-refractivity contribution >= 4 is 21.4 Å². The minimum Gasteiger partial charge on any atom is -0.368 e. The lowest BCUT2D eigenvalue weighted by Crippen LogP contribution is -2.49. The lowest BCUT2D eigenvalue weighted by atomic mass is 9.97. The summed E-state index contributed by atoms with van der Waals surface area (Å²) in [5.74, 6) is -0.502. The molecule has 0 radical (unpaired) electrons. The number of hydrogen-bond donors (Lipinski definition) is 0. The molecule has 38 heavy (non-hydrogen) atoms. The Balaban J connectivity index is 1.59. The molecule has 0 bridgehead atoms. The number of benzene rings is 3. The molecule has 4 rings (SSSR count). The van der Waals surface area contributed by atoms with Gasteiger partial charge >= 0.3 is 12.4 Å². The summed E-state index contributed by atoms with van der Waals surface area (Å²) in [7, 11) is -3.68. The Labute approximate surface area is 215 Å². The second-order valence-corrected chi connectivity index (χ2v) is 10.9. The van der Waals surface area contributed by atoms with Gasteiger partial charge in [0.15, 0.2) is 9.84 Å². The number of amides is 1. The number of carbonyl (C=O) groups is 1. The van der Waals surface area contributed by atoms with Gasteiger partial charge in [-0.15, -0.1) is 0 Å². The molecular weight excluding hydrogens is 534 g/mol. The van der Waals surface area contributed by atoms with E-state index in [2.05, 4.69) is 0 Å². The van der Waals surface area contributed by atoms with Crippen molar-refractivity contribution in [1.29, 1.82) is 0 Å². The van der Waals surface area contributed by atoms with Crippen molar-refractivity contribution in [3.63, 3.8) is 0 Å². The monoisotopic (exact) mass is 556 g/mol. The van der Waals surface area contributed by atoms with Gasteiger partial charge in [-0.1, -0.05) is 18.2 Å². The average Bonchev–Trinajstić information content (AvgIpc) is 2.86. The molecule has 0 N–H and O–H groups in total. The second-order valence-electron chi connectivity index (χ2n) is 8.88. The van der Waals surface area contributed by atoms with Crippen molar-refractivity contribution in [2.24, 2.45) is 0 Å². The molecule has 12 heteroatoms. The Hall–Kier alpha value is -3.54. The van der Waals surface area contributed by atoms with Crippen molar-refractivity contribution in [1.82, 2.24) is 4.90 Å².